The molecule has 2 N–H and O–H groups in total. The Kier molecular flexibility index (Phi) is 5.38. The number of nitrogens with one attached hydrogen (secondary N) is 2. The van der Waals surface area contributed by atoms with Crippen molar-refractivity contribution in [2.24, 2.45) is 0 Å². The fourth-order valence-corrected chi connectivity index (χ4v) is 6.14. The Hall–Kier alpha value is -3.30. The summed E-state index contributed by atoms with van der Waals surface area (Å²) in [5, 5.41) is 6.94. The molecular formula is C24H24N4O4S. The molecule has 0 radical (unpaired) electrons. The zero-order valence-electron chi connectivity index (χ0n) is 18.3. The van der Waals surface area contributed by atoms with Crippen molar-refractivity contribution in [1.82, 2.24) is 19.9 Å². The molecule has 0 saturated heterocycles. The normalized spacial score (nSPS) is 15.5. The lowest BCUT2D eigenvalue weighted by Crippen LogP contribution is -2.32. The average molecular weight is 465 g/mol. The first-order valence-corrected chi connectivity index (χ1v) is 12.4. The molecule has 0 bridgehead atoms. The number of nitrogens with zero attached hydrogens (tertiary/aromatic N) is 2. The van der Waals surface area contributed by atoms with Gasteiger partial charge in [0.1, 0.15) is 10.9 Å². The molecule has 2 aromatic carbocycles. The molecule has 2 atom stereocenters. The van der Waals surface area contributed by atoms with Gasteiger partial charge in [-0.05, 0) is 60.6 Å². The molecule has 1 aliphatic rings. The molecule has 0 aliphatic heterocycles. The van der Waals surface area contributed by atoms with Gasteiger partial charge < -0.3 is 4.42 Å². The second-order valence-electron chi connectivity index (χ2n) is 8.52. The molecule has 33 heavy (non-hydrogen) atoms. The summed E-state index contributed by atoms with van der Waals surface area (Å²) in [7, 11) is -4.03. The third-order valence-electron chi connectivity index (χ3n) is 6.28. The van der Waals surface area contributed by atoms with E-state index >= 15 is 0 Å². The molecule has 9 heteroatoms. The third-order valence-corrected chi connectivity index (χ3v) is 7.75. The second kappa shape index (κ2) is 8.24. The molecule has 0 saturated carbocycles. The fraction of sp³-hybridized carbons (Fsp3) is 0.292. The van der Waals surface area contributed by atoms with Crippen LogP contribution in [0.4, 0.5) is 0 Å². The number of sulfonamides is 1. The molecule has 0 amide bonds. The number of H-pyrrole nitrogens is 1. The maximum atomic E-state index is 13.6. The van der Waals surface area contributed by atoms with Gasteiger partial charge in [0, 0.05) is 17.5 Å². The predicted octanol–water partition coefficient (Wildman–Crippen LogP) is 3.53. The van der Waals surface area contributed by atoms with Gasteiger partial charge >= 0.3 is 5.76 Å². The van der Waals surface area contributed by atoms with Crippen molar-refractivity contribution in [3.63, 3.8) is 0 Å². The van der Waals surface area contributed by atoms with Crippen LogP contribution in [0.15, 0.2) is 62.8 Å². The van der Waals surface area contributed by atoms with Gasteiger partial charge in [0.2, 0.25) is 15.9 Å². The second-order valence-corrected chi connectivity index (χ2v) is 10.2. The molecule has 8 nitrogen and oxygen atoms in total. The molecule has 170 valence electrons. The Morgan fingerprint density at radius 2 is 1.97 bits per heavy atom. The van der Waals surface area contributed by atoms with Gasteiger partial charge in [-0.25, -0.2) is 18.3 Å². The molecule has 2 aromatic heterocycles. The quantitative estimate of drug-likeness (QED) is 0.451. The number of rotatable bonds is 6. The van der Waals surface area contributed by atoms with E-state index in [1.54, 1.807) is 12.3 Å². The van der Waals surface area contributed by atoms with E-state index in [0.717, 1.165) is 35.8 Å². The van der Waals surface area contributed by atoms with Crippen LogP contribution in [0, 0.1) is 6.92 Å². The summed E-state index contributed by atoms with van der Waals surface area (Å²) in [4.78, 5) is 16.1. The summed E-state index contributed by atoms with van der Waals surface area (Å²) in [6, 6.07) is 12.1. The van der Waals surface area contributed by atoms with Gasteiger partial charge in [0.25, 0.3) is 0 Å². The van der Waals surface area contributed by atoms with Gasteiger partial charge in [0.15, 0.2) is 0 Å². The first kappa shape index (κ1) is 21.5. The highest BCUT2D eigenvalue weighted by Gasteiger charge is 2.33. The molecule has 2 heterocycles. The van der Waals surface area contributed by atoms with E-state index in [1.165, 1.54) is 17.2 Å². The lowest BCUT2D eigenvalue weighted by molar-refractivity contribution is 0.381. The molecular weight excluding hydrogens is 440 g/mol. The van der Waals surface area contributed by atoms with E-state index in [-0.39, 0.29) is 16.7 Å². The third kappa shape index (κ3) is 3.98. The minimum absolute atomic E-state index is 0.00397. The first-order valence-electron chi connectivity index (χ1n) is 10.9. The standard InChI is InChI=1S/C24H24N4O4S/c1-14-12-17-8-5-11-20(22(17)25-13-14)33(30,31)28-21(23-26-27-24(29)32-23)15(2)18-9-3-6-16-7-4-10-19(16)18/h3,5-6,8-9,11-13,15,21,28H,4,7,10H2,1-2H3,(H,27,29). The molecule has 4 aromatic rings. The number of para-hydroxylation sites is 1. The van der Waals surface area contributed by atoms with Crippen molar-refractivity contribution in [2.75, 3.05) is 0 Å². The van der Waals surface area contributed by atoms with Crippen molar-refractivity contribution < 1.29 is 12.8 Å². The van der Waals surface area contributed by atoms with Crippen LogP contribution < -0.4 is 10.5 Å². The topological polar surface area (TPSA) is 118 Å². The Bertz CT molecular complexity index is 1510. The molecule has 5 rings (SSSR count). The average Bonchev–Trinajstić information content (AvgIpc) is 3.45. The maximum Gasteiger partial charge on any atom is 0.434 e. The SMILES string of the molecule is Cc1cnc2c(S(=O)(=O)NC(c3n[nH]c(=O)o3)C(C)c3cccc4c3CCC4)cccc2c1. The summed E-state index contributed by atoms with van der Waals surface area (Å²) in [5.74, 6) is -1.07. The van der Waals surface area contributed by atoms with E-state index in [2.05, 4.69) is 26.0 Å². The molecule has 0 spiro atoms. The summed E-state index contributed by atoms with van der Waals surface area (Å²) in [6.45, 7) is 3.82. The summed E-state index contributed by atoms with van der Waals surface area (Å²) in [6.07, 6.45) is 4.65. The summed E-state index contributed by atoms with van der Waals surface area (Å²) < 4.78 is 35.1. The van der Waals surface area contributed by atoms with Crippen molar-refractivity contribution in [3.8, 4) is 0 Å². The van der Waals surface area contributed by atoms with Crippen molar-refractivity contribution in [1.29, 1.82) is 0 Å². The highest BCUT2D eigenvalue weighted by molar-refractivity contribution is 7.89. The lowest BCUT2D eigenvalue weighted by Gasteiger charge is -2.24. The minimum atomic E-state index is -4.03. The molecule has 0 fully saturated rings. The van der Waals surface area contributed by atoms with Crippen molar-refractivity contribution in [3.05, 3.63) is 87.4 Å². The van der Waals surface area contributed by atoms with Crippen LogP contribution in [0.1, 0.15) is 53.4 Å². The Morgan fingerprint density at radius 1 is 1.15 bits per heavy atom. The van der Waals surface area contributed by atoms with Crippen molar-refractivity contribution >= 4 is 20.9 Å². The highest BCUT2D eigenvalue weighted by atomic mass is 32.2. The number of fused-ring (bicyclic) bond motifs is 2. The maximum absolute atomic E-state index is 13.6. The van der Waals surface area contributed by atoms with E-state index in [1.807, 2.05) is 38.1 Å². The van der Waals surface area contributed by atoms with Gasteiger partial charge in [-0.15, -0.1) is 5.10 Å². The monoisotopic (exact) mass is 464 g/mol. The minimum Gasteiger partial charge on any atom is -0.391 e. The van der Waals surface area contributed by atoms with Gasteiger partial charge in [-0.3, -0.25) is 4.98 Å². The molecule has 2 unspecified atom stereocenters. The molecule has 1 aliphatic carbocycles. The Labute approximate surface area is 191 Å². The van der Waals surface area contributed by atoms with Gasteiger partial charge in [-0.2, -0.15) is 4.72 Å². The Morgan fingerprint density at radius 3 is 2.76 bits per heavy atom. The van der Waals surface area contributed by atoms with Crippen LogP contribution in [0.3, 0.4) is 0 Å². The summed E-state index contributed by atoms with van der Waals surface area (Å²) >= 11 is 0. The van der Waals surface area contributed by atoms with Crippen molar-refractivity contribution in [2.45, 2.75) is 50.0 Å². The van der Waals surface area contributed by atoms with Crippen LogP contribution in [-0.2, 0) is 22.9 Å². The number of aromatic amines is 1. The van der Waals surface area contributed by atoms with Gasteiger partial charge in [0.05, 0.1) is 5.52 Å². The first-order chi connectivity index (χ1) is 15.8. The van der Waals surface area contributed by atoms with Crippen LogP contribution in [0.25, 0.3) is 10.9 Å². The Balaban J connectivity index is 1.59. The van der Waals surface area contributed by atoms with E-state index in [4.69, 9.17) is 4.42 Å². The van der Waals surface area contributed by atoms with E-state index in [9.17, 15) is 13.2 Å². The van der Waals surface area contributed by atoms with Crippen LogP contribution in [-0.4, -0.2) is 23.6 Å². The largest absolute Gasteiger partial charge is 0.434 e. The van der Waals surface area contributed by atoms with Crippen LogP contribution in [0.2, 0.25) is 0 Å². The number of hydrogen-bond acceptors (Lipinski definition) is 6. The number of aryl methyl sites for hydroxylation is 2. The highest BCUT2D eigenvalue weighted by Crippen LogP contribution is 2.37. The van der Waals surface area contributed by atoms with E-state index in [0.29, 0.717) is 5.52 Å². The number of pyridine rings is 1. The number of aromatic nitrogens is 3. The van der Waals surface area contributed by atoms with E-state index < -0.39 is 21.8 Å². The van der Waals surface area contributed by atoms with Crippen LogP contribution >= 0.6 is 0 Å². The zero-order chi connectivity index (χ0) is 23.2. The number of benzene rings is 2. The smallest absolute Gasteiger partial charge is 0.391 e. The zero-order valence-corrected chi connectivity index (χ0v) is 19.1. The van der Waals surface area contributed by atoms with Crippen LogP contribution in [0.5, 0.6) is 0 Å². The fourth-order valence-electron chi connectivity index (χ4n) is 4.69. The predicted molar refractivity (Wildman–Crippen MR) is 124 cm³/mol. The number of hydrogen-bond donors (Lipinski definition) is 2. The summed E-state index contributed by atoms with van der Waals surface area (Å²) in [5.41, 5.74) is 4.85. The van der Waals surface area contributed by atoms with Gasteiger partial charge in [-0.1, -0.05) is 37.3 Å². The lowest BCUT2D eigenvalue weighted by atomic mass is 9.88.